The summed E-state index contributed by atoms with van der Waals surface area (Å²) in [6, 6.07) is 7.72. The molecule has 4 N–H and O–H groups in total. The van der Waals surface area contributed by atoms with E-state index in [1.807, 2.05) is 31.2 Å². The van der Waals surface area contributed by atoms with Gasteiger partial charge in [0.25, 0.3) is 5.91 Å². The minimum Gasteiger partial charge on any atom is -0.494 e. The lowest BCUT2D eigenvalue weighted by atomic mass is 9.77. The summed E-state index contributed by atoms with van der Waals surface area (Å²) in [5, 5.41) is 9.40. The molecular weight excluding hydrogens is 466 g/mol. The first kappa shape index (κ1) is 24.2. The zero-order chi connectivity index (χ0) is 26.0. The van der Waals surface area contributed by atoms with E-state index in [1.54, 1.807) is 19.5 Å². The summed E-state index contributed by atoms with van der Waals surface area (Å²) in [5.74, 6) is 6.88. The maximum absolute atomic E-state index is 13.0. The highest BCUT2D eigenvalue weighted by Crippen LogP contribution is 2.40. The number of nitrogens with zero attached hydrogens (tertiary/aromatic N) is 1. The molecule has 0 radical (unpaired) electrons. The predicted molar refractivity (Wildman–Crippen MR) is 143 cm³/mol. The topological polar surface area (TPSA) is 108 Å². The summed E-state index contributed by atoms with van der Waals surface area (Å²) < 4.78 is 5.65. The van der Waals surface area contributed by atoms with Gasteiger partial charge in [0.1, 0.15) is 11.3 Å². The number of para-hydroxylation sites is 1. The van der Waals surface area contributed by atoms with E-state index in [2.05, 4.69) is 44.3 Å². The molecule has 2 amide bonds. The Morgan fingerprint density at radius 1 is 1.30 bits per heavy atom. The second-order valence-electron chi connectivity index (χ2n) is 9.32. The lowest BCUT2D eigenvalue weighted by Gasteiger charge is -2.37. The Morgan fingerprint density at radius 3 is 2.86 bits per heavy atom. The van der Waals surface area contributed by atoms with Gasteiger partial charge in [-0.1, -0.05) is 30.6 Å². The number of aromatic amines is 1. The standard InChI is InChI=1S/C29H29N5O3/c1-4-23(35)34-29(12-6-13-29)14-9-19-17-30-15-10-20(19)25-26(24-21(32-25)11-16-31-28(24)36)33-22-8-5-7-18(2)27(22)37-3/h4-5,7-8,10,15,17,32-33H,1,6,11-13,16H2,2-3H3,(H,31,36)(H,34,35). The smallest absolute Gasteiger partial charge is 0.255 e. The summed E-state index contributed by atoms with van der Waals surface area (Å²) in [6.45, 7) is 6.09. The van der Waals surface area contributed by atoms with Crippen molar-refractivity contribution in [3.8, 4) is 28.8 Å². The number of aryl methyl sites for hydroxylation is 1. The van der Waals surface area contributed by atoms with E-state index in [0.29, 0.717) is 35.5 Å². The van der Waals surface area contributed by atoms with Crippen LogP contribution in [0.25, 0.3) is 11.3 Å². The number of benzene rings is 1. The first-order valence-corrected chi connectivity index (χ1v) is 12.3. The lowest BCUT2D eigenvalue weighted by molar-refractivity contribution is -0.118. The molecule has 0 saturated heterocycles. The van der Waals surface area contributed by atoms with Crippen LogP contribution < -0.4 is 20.7 Å². The number of fused-ring (bicyclic) bond motifs is 1. The molecular formula is C29H29N5O3. The quantitative estimate of drug-likeness (QED) is 0.305. The normalized spacial score (nSPS) is 15.2. The first-order valence-electron chi connectivity index (χ1n) is 12.3. The highest BCUT2D eigenvalue weighted by atomic mass is 16.5. The Morgan fingerprint density at radius 2 is 2.14 bits per heavy atom. The van der Waals surface area contributed by atoms with Crippen LogP contribution in [0.15, 0.2) is 49.3 Å². The van der Waals surface area contributed by atoms with Crippen LogP contribution in [-0.4, -0.2) is 41.0 Å². The van der Waals surface area contributed by atoms with Crippen molar-refractivity contribution in [3.05, 3.63) is 71.7 Å². The molecule has 37 heavy (non-hydrogen) atoms. The highest BCUT2D eigenvalue weighted by Gasteiger charge is 2.36. The van der Waals surface area contributed by atoms with E-state index >= 15 is 0 Å². The summed E-state index contributed by atoms with van der Waals surface area (Å²) >= 11 is 0. The van der Waals surface area contributed by atoms with Gasteiger partial charge >= 0.3 is 0 Å². The zero-order valence-corrected chi connectivity index (χ0v) is 21.0. The monoisotopic (exact) mass is 495 g/mol. The number of ether oxygens (including phenoxy) is 1. The number of carbonyl (C=O) groups excluding carboxylic acids is 2. The fraction of sp³-hybridized carbons (Fsp3) is 0.276. The minimum atomic E-state index is -0.566. The molecule has 3 heterocycles. The minimum absolute atomic E-state index is 0.139. The Balaban J connectivity index is 1.62. The Hall–Kier alpha value is -4.51. The Labute approximate surface area is 215 Å². The summed E-state index contributed by atoms with van der Waals surface area (Å²) in [5.41, 5.74) is 5.51. The van der Waals surface area contributed by atoms with Crippen LogP contribution in [0, 0.1) is 18.8 Å². The third kappa shape index (κ3) is 4.56. The van der Waals surface area contributed by atoms with Crippen molar-refractivity contribution in [2.24, 2.45) is 0 Å². The van der Waals surface area contributed by atoms with Gasteiger partial charge in [0.05, 0.1) is 35.3 Å². The number of aromatic nitrogens is 2. The number of H-pyrrole nitrogens is 1. The zero-order valence-electron chi connectivity index (χ0n) is 21.0. The molecule has 1 fully saturated rings. The molecule has 0 bridgehead atoms. The van der Waals surface area contributed by atoms with Gasteiger partial charge in [0.15, 0.2) is 0 Å². The van der Waals surface area contributed by atoms with Gasteiger partial charge in [-0.2, -0.15) is 0 Å². The van der Waals surface area contributed by atoms with Crippen molar-refractivity contribution < 1.29 is 14.3 Å². The molecule has 8 nitrogen and oxygen atoms in total. The van der Waals surface area contributed by atoms with Crippen molar-refractivity contribution in [3.63, 3.8) is 0 Å². The van der Waals surface area contributed by atoms with Crippen LogP contribution >= 0.6 is 0 Å². The number of methoxy groups -OCH3 is 1. The third-order valence-electron chi connectivity index (χ3n) is 6.92. The maximum Gasteiger partial charge on any atom is 0.255 e. The Kier molecular flexibility index (Phi) is 6.45. The van der Waals surface area contributed by atoms with Gasteiger partial charge in [0, 0.05) is 36.6 Å². The lowest BCUT2D eigenvalue weighted by Crippen LogP contribution is -2.52. The van der Waals surface area contributed by atoms with Gasteiger partial charge in [-0.25, -0.2) is 0 Å². The SMILES string of the molecule is C=CC(=O)NC1(C#Cc2cnccc2-c2[nH]c3c(c2Nc2cccc(C)c2OC)C(=O)NCC3)CCC1. The molecule has 0 atom stereocenters. The van der Waals surface area contributed by atoms with E-state index < -0.39 is 5.54 Å². The maximum atomic E-state index is 13.0. The van der Waals surface area contributed by atoms with Crippen LogP contribution in [0.3, 0.4) is 0 Å². The van der Waals surface area contributed by atoms with Crippen molar-refractivity contribution in [1.29, 1.82) is 0 Å². The average Bonchev–Trinajstić information content (AvgIpc) is 3.25. The molecule has 1 aromatic carbocycles. The first-order chi connectivity index (χ1) is 17.9. The molecule has 1 saturated carbocycles. The average molecular weight is 496 g/mol. The van der Waals surface area contributed by atoms with Gasteiger partial charge < -0.3 is 25.7 Å². The third-order valence-corrected chi connectivity index (χ3v) is 6.92. The number of nitrogens with one attached hydrogen (secondary N) is 4. The van der Waals surface area contributed by atoms with Crippen molar-refractivity contribution in [2.45, 2.75) is 38.1 Å². The molecule has 1 aliphatic heterocycles. The van der Waals surface area contributed by atoms with Crippen LogP contribution in [0.5, 0.6) is 5.75 Å². The molecule has 3 aromatic rings. The van der Waals surface area contributed by atoms with Gasteiger partial charge in [-0.05, 0) is 50.0 Å². The van der Waals surface area contributed by atoms with Crippen LogP contribution in [0.4, 0.5) is 11.4 Å². The second-order valence-corrected chi connectivity index (χ2v) is 9.32. The van der Waals surface area contributed by atoms with Crippen LogP contribution in [0.1, 0.15) is 46.4 Å². The molecule has 5 rings (SSSR count). The van der Waals surface area contributed by atoms with Crippen LogP contribution in [0.2, 0.25) is 0 Å². The summed E-state index contributed by atoms with van der Waals surface area (Å²) in [6.07, 6.45) is 7.93. The number of hydrogen-bond donors (Lipinski definition) is 4. The molecule has 2 aromatic heterocycles. The van der Waals surface area contributed by atoms with Crippen LogP contribution in [-0.2, 0) is 11.2 Å². The second kappa shape index (κ2) is 9.86. The van der Waals surface area contributed by atoms with Gasteiger partial charge in [-0.3, -0.25) is 14.6 Å². The fourth-order valence-corrected chi connectivity index (χ4v) is 4.86. The molecule has 188 valence electrons. The molecule has 2 aliphatic rings. The van der Waals surface area contributed by atoms with E-state index in [0.717, 1.165) is 47.5 Å². The molecule has 0 spiro atoms. The van der Waals surface area contributed by atoms with E-state index in [4.69, 9.17) is 4.74 Å². The summed E-state index contributed by atoms with van der Waals surface area (Å²) in [4.78, 5) is 32.8. The predicted octanol–water partition coefficient (Wildman–Crippen LogP) is 4.00. The van der Waals surface area contributed by atoms with Gasteiger partial charge in [-0.15, -0.1) is 0 Å². The Bertz CT molecular complexity index is 1460. The number of rotatable bonds is 6. The molecule has 1 aliphatic carbocycles. The van der Waals surface area contributed by atoms with E-state index in [-0.39, 0.29) is 11.8 Å². The van der Waals surface area contributed by atoms with E-state index in [1.165, 1.54) is 6.08 Å². The summed E-state index contributed by atoms with van der Waals surface area (Å²) in [7, 11) is 1.63. The molecule has 8 heteroatoms. The van der Waals surface area contributed by atoms with Crippen molar-refractivity contribution in [2.75, 3.05) is 19.0 Å². The highest BCUT2D eigenvalue weighted by molar-refractivity contribution is 6.06. The number of pyridine rings is 1. The number of anilines is 2. The van der Waals surface area contributed by atoms with Gasteiger partial charge in [0.2, 0.25) is 5.91 Å². The fourth-order valence-electron chi connectivity index (χ4n) is 4.86. The number of amides is 2. The molecule has 0 unspecified atom stereocenters. The number of carbonyl (C=O) groups is 2. The van der Waals surface area contributed by atoms with Crippen molar-refractivity contribution >= 4 is 23.2 Å². The van der Waals surface area contributed by atoms with E-state index in [9.17, 15) is 9.59 Å². The number of hydrogen-bond acceptors (Lipinski definition) is 5. The van der Waals surface area contributed by atoms with Crippen molar-refractivity contribution in [1.82, 2.24) is 20.6 Å². The largest absolute Gasteiger partial charge is 0.494 e.